The van der Waals surface area contributed by atoms with Crippen LogP contribution < -0.4 is 5.32 Å². The lowest BCUT2D eigenvalue weighted by molar-refractivity contribution is -0.119. The summed E-state index contributed by atoms with van der Waals surface area (Å²) in [6.07, 6.45) is 4.00. The molecular weight excluding hydrogens is 310 g/mol. The van der Waals surface area contributed by atoms with Gasteiger partial charge in [0.25, 0.3) is 0 Å². The molecule has 0 bridgehead atoms. The molecule has 0 radical (unpaired) electrons. The Bertz CT molecular complexity index is 829. The summed E-state index contributed by atoms with van der Waals surface area (Å²) in [6, 6.07) is 8.59. The van der Waals surface area contributed by atoms with Gasteiger partial charge in [-0.25, -0.2) is 0 Å². The number of Topliss-reactive ketones (excluding diaryl/α,β-unsaturated/α-hetero) is 1. The summed E-state index contributed by atoms with van der Waals surface area (Å²) < 4.78 is 0. The molecule has 1 N–H and O–H groups in total. The van der Waals surface area contributed by atoms with Crippen LogP contribution in [0.15, 0.2) is 57.5 Å². The standard InChI is InChI=1S/C21H25N3O/c1-5-21(14-8-6-13(2)7-9-14)15-12-22-24-19(15)23-16-10-20(3,4)11-17(25)18(16)21/h6-9,12,19,23H,5,10-11H2,1-4H3/t19?,21-/m0/s1. The molecule has 1 aliphatic carbocycles. The Hall–Kier alpha value is -2.23. The number of benzene rings is 1. The first-order chi connectivity index (χ1) is 11.9. The minimum atomic E-state index is -0.421. The van der Waals surface area contributed by atoms with Crippen molar-refractivity contribution in [1.29, 1.82) is 0 Å². The van der Waals surface area contributed by atoms with E-state index in [-0.39, 0.29) is 17.4 Å². The Kier molecular flexibility index (Phi) is 3.50. The number of carbonyl (C=O) groups is 1. The fourth-order valence-corrected chi connectivity index (χ4v) is 4.73. The lowest BCUT2D eigenvalue weighted by Gasteiger charge is -2.47. The van der Waals surface area contributed by atoms with Gasteiger partial charge in [0.15, 0.2) is 11.9 Å². The first-order valence-corrected chi connectivity index (χ1v) is 9.08. The maximum atomic E-state index is 13.3. The van der Waals surface area contributed by atoms with Gasteiger partial charge in [-0.15, -0.1) is 0 Å². The van der Waals surface area contributed by atoms with Crippen LogP contribution in [-0.2, 0) is 10.2 Å². The Balaban J connectivity index is 1.98. The number of nitrogens with zero attached hydrogens (tertiary/aromatic N) is 2. The smallest absolute Gasteiger partial charge is 0.164 e. The quantitative estimate of drug-likeness (QED) is 0.861. The Morgan fingerprint density at radius 3 is 2.60 bits per heavy atom. The number of rotatable bonds is 2. The van der Waals surface area contributed by atoms with Gasteiger partial charge >= 0.3 is 0 Å². The second-order valence-electron chi connectivity index (χ2n) is 8.28. The van der Waals surface area contributed by atoms with Crippen LogP contribution in [0.5, 0.6) is 0 Å². The van der Waals surface area contributed by atoms with Crippen LogP contribution in [0.25, 0.3) is 0 Å². The molecule has 3 aliphatic rings. The van der Waals surface area contributed by atoms with Crippen molar-refractivity contribution in [1.82, 2.24) is 5.32 Å². The van der Waals surface area contributed by atoms with Gasteiger partial charge in [-0.2, -0.15) is 10.2 Å². The SMILES string of the molecule is CC[C@]1(c2ccc(C)cc2)C2=CN=NC2NC2=C1C(=O)CC(C)(C)C2. The fourth-order valence-electron chi connectivity index (χ4n) is 4.73. The molecule has 0 saturated carbocycles. The molecule has 25 heavy (non-hydrogen) atoms. The van der Waals surface area contributed by atoms with E-state index < -0.39 is 5.41 Å². The molecule has 130 valence electrons. The third-order valence-electron chi connectivity index (χ3n) is 5.85. The summed E-state index contributed by atoms with van der Waals surface area (Å²) in [5.74, 6) is 0.257. The van der Waals surface area contributed by atoms with Gasteiger partial charge in [0, 0.05) is 23.3 Å². The highest BCUT2D eigenvalue weighted by Gasteiger charge is 2.52. The zero-order chi connectivity index (χ0) is 17.8. The van der Waals surface area contributed by atoms with E-state index in [0.29, 0.717) is 6.42 Å². The van der Waals surface area contributed by atoms with Crippen molar-refractivity contribution in [2.24, 2.45) is 15.6 Å². The van der Waals surface area contributed by atoms with Crippen LogP contribution >= 0.6 is 0 Å². The van der Waals surface area contributed by atoms with Gasteiger partial charge < -0.3 is 5.32 Å². The second kappa shape index (κ2) is 5.38. The molecule has 2 atom stereocenters. The van der Waals surface area contributed by atoms with E-state index in [0.717, 1.165) is 29.7 Å². The lowest BCUT2D eigenvalue weighted by atomic mass is 9.59. The van der Waals surface area contributed by atoms with Crippen LogP contribution in [0.3, 0.4) is 0 Å². The molecule has 1 aromatic carbocycles. The van der Waals surface area contributed by atoms with E-state index >= 15 is 0 Å². The molecule has 0 saturated heterocycles. The summed E-state index contributed by atoms with van der Waals surface area (Å²) in [6.45, 7) is 8.58. The molecule has 0 fully saturated rings. The van der Waals surface area contributed by atoms with Crippen LogP contribution in [0.4, 0.5) is 0 Å². The van der Waals surface area contributed by atoms with E-state index in [1.54, 1.807) is 0 Å². The van der Waals surface area contributed by atoms with Crippen molar-refractivity contribution in [2.45, 2.75) is 58.5 Å². The Labute approximate surface area is 149 Å². The molecule has 4 rings (SSSR count). The molecule has 1 aromatic rings. The Morgan fingerprint density at radius 2 is 1.92 bits per heavy atom. The highest BCUT2D eigenvalue weighted by molar-refractivity contribution is 6.01. The normalized spacial score (nSPS) is 29.8. The monoisotopic (exact) mass is 335 g/mol. The number of azo groups is 1. The number of fused-ring (bicyclic) bond motifs is 1. The highest BCUT2D eigenvalue weighted by Crippen LogP contribution is 2.53. The van der Waals surface area contributed by atoms with Crippen molar-refractivity contribution in [3.05, 3.63) is 58.4 Å². The number of hydrogen-bond donors (Lipinski definition) is 1. The van der Waals surface area contributed by atoms with E-state index in [1.165, 1.54) is 11.1 Å². The number of nitrogens with one attached hydrogen (secondary N) is 1. The predicted octanol–water partition coefficient (Wildman–Crippen LogP) is 4.57. The summed E-state index contributed by atoms with van der Waals surface area (Å²) in [4.78, 5) is 13.3. The molecule has 4 heteroatoms. The van der Waals surface area contributed by atoms with Gasteiger partial charge in [-0.3, -0.25) is 4.79 Å². The van der Waals surface area contributed by atoms with Crippen molar-refractivity contribution < 1.29 is 4.79 Å². The molecule has 1 unspecified atom stereocenters. The van der Waals surface area contributed by atoms with Gasteiger partial charge in [-0.05, 0) is 30.7 Å². The number of hydrogen-bond acceptors (Lipinski definition) is 4. The second-order valence-corrected chi connectivity index (χ2v) is 8.28. The number of allylic oxidation sites excluding steroid dienone is 2. The number of carbonyl (C=O) groups excluding carboxylic acids is 1. The zero-order valence-electron chi connectivity index (χ0n) is 15.4. The van der Waals surface area contributed by atoms with Gasteiger partial charge in [0.05, 0.1) is 11.6 Å². The summed E-state index contributed by atoms with van der Waals surface area (Å²) in [7, 11) is 0. The van der Waals surface area contributed by atoms with Crippen LogP contribution in [0, 0.1) is 12.3 Å². The average molecular weight is 335 g/mol. The van der Waals surface area contributed by atoms with Crippen LogP contribution in [0.1, 0.15) is 51.2 Å². The van der Waals surface area contributed by atoms with Gasteiger partial charge in [-0.1, -0.05) is 50.6 Å². The van der Waals surface area contributed by atoms with Gasteiger partial charge in [0.2, 0.25) is 0 Å². The molecule has 0 spiro atoms. The molecule has 0 amide bonds. The summed E-state index contributed by atoms with van der Waals surface area (Å²) >= 11 is 0. The van der Waals surface area contributed by atoms with Gasteiger partial charge in [0.1, 0.15) is 0 Å². The third kappa shape index (κ3) is 2.30. The van der Waals surface area contributed by atoms with Crippen LogP contribution in [0.2, 0.25) is 0 Å². The van der Waals surface area contributed by atoms with Crippen molar-refractivity contribution >= 4 is 5.78 Å². The van der Waals surface area contributed by atoms with E-state index in [4.69, 9.17) is 0 Å². The summed E-state index contributed by atoms with van der Waals surface area (Å²) in [5, 5.41) is 12.1. The topological polar surface area (TPSA) is 53.8 Å². The van der Waals surface area contributed by atoms with Crippen molar-refractivity contribution in [3.63, 3.8) is 0 Å². The molecule has 0 aromatic heterocycles. The first-order valence-electron chi connectivity index (χ1n) is 9.08. The largest absolute Gasteiger partial charge is 0.362 e. The minimum absolute atomic E-state index is 0.0212. The summed E-state index contributed by atoms with van der Waals surface area (Å²) in [5.41, 5.74) is 5.06. The first kappa shape index (κ1) is 16.2. The van der Waals surface area contributed by atoms with Crippen LogP contribution in [-0.4, -0.2) is 11.9 Å². The highest BCUT2D eigenvalue weighted by atomic mass is 16.1. The Morgan fingerprint density at radius 1 is 1.20 bits per heavy atom. The maximum Gasteiger partial charge on any atom is 0.164 e. The maximum absolute atomic E-state index is 13.3. The van der Waals surface area contributed by atoms with Crippen molar-refractivity contribution in [3.8, 4) is 0 Å². The average Bonchev–Trinajstić information content (AvgIpc) is 3.01. The predicted molar refractivity (Wildman–Crippen MR) is 98.1 cm³/mol. The number of aryl methyl sites for hydroxylation is 1. The number of ketones is 1. The van der Waals surface area contributed by atoms with Crippen molar-refractivity contribution in [2.75, 3.05) is 0 Å². The molecule has 2 heterocycles. The molecule has 2 aliphatic heterocycles. The van der Waals surface area contributed by atoms with E-state index in [9.17, 15) is 4.79 Å². The molecule has 4 nitrogen and oxygen atoms in total. The van der Waals surface area contributed by atoms with E-state index in [2.05, 4.69) is 67.5 Å². The fraction of sp³-hybridized carbons (Fsp3) is 0.476. The minimum Gasteiger partial charge on any atom is -0.362 e. The molecular formula is C21H25N3O. The van der Waals surface area contributed by atoms with E-state index in [1.807, 2.05) is 6.20 Å². The lowest BCUT2D eigenvalue weighted by Crippen LogP contribution is -2.51. The zero-order valence-corrected chi connectivity index (χ0v) is 15.4. The third-order valence-corrected chi connectivity index (χ3v) is 5.85.